The van der Waals surface area contributed by atoms with E-state index in [2.05, 4.69) is 15.6 Å². The van der Waals surface area contributed by atoms with Gasteiger partial charge in [-0.05, 0) is 49.9 Å². The summed E-state index contributed by atoms with van der Waals surface area (Å²) in [6, 6.07) is 14.4. The summed E-state index contributed by atoms with van der Waals surface area (Å²) in [6.45, 7) is 0.0569. The molecule has 150 valence electrons. The molecule has 1 aliphatic carbocycles. The number of fused-ring (bicyclic) bond motifs is 1. The van der Waals surface area contributed by atoms with Gasteiger partial charge in [0.05, 0.1) is 18.3 Å². The lowest BCUT2D eigenvalue weighted by molar-refractivity contribution is -0.120. The number of aromatic nitrogens is 1. The average Bonchev–Trinajstić information content (AvgIpc) is 2.75. The first-order valence-electron chi connectivity index (χ1n) is 9.96. The Balaban J connectivity index is 1.25. The molecule has 0 bridgehead atoms. The van der Waals surface area contributed by atoms with Crippen LogP contribution in [0.4, 0.5) is 10.1 Å². The predicted molar refractivity (Wildman–Crippen MR) is 111 cm³/mol. The minimum absolute atomic E-state index is 0.0569. The number of carbonyl (C=O) groups is 1. The number of carbonyl (C=O) groups excluding carboxylic acids is 1. The lowest BCUT2D eigenvalue weighted by Gasteiger charge is -2.30. The summed E-state index contributed by atoms with van der Waals surface area (Å²) in [5, 5.41) is 8.01. The van der Waals surface area contributed by atoms with Gasteiger partial charge >= 0.3 is 0 Å². The molecule has 1 saturated carbocycles. The number of nitrogens with zero attached hydrogens (tertiary/aromatic N) is 1. The highest BCUT2D eigenvalue weighted by atomic mass is 19.1. The van der Waals surface area contributed by atoms with E-state index in [1.165, 1.54) is 6.07 Å². The SMILES string of the molecule is O=C(CNc1ccccc1F)NC1CCC(Oc2cccc3cnccc23)CC1. The Labute approximate surface area is 169 Å². The fourth-order valence-electron chi connectivity index (χ4n) is 3.76. The van der Waals surface area contributed by atoms with Crippen molar-refractivity contribution >= 4 is 22.4 Å². The topological polar surface area (TPSA) is 63.2 Å². The molecule has 1 fully saturated rings. The van der Waals surface area contributed by atoms with E-state index >= 15 is 0 Å². The van der Waals surface area contributed by atoms with Crippen LogP contribution in [0, 0.1) is 5.82 Å². The Hall–Kier alpha value is -3.15. The standard InChI is InChI=1S/C23H24FN3O2/c24-20-5-1-2-6-21(20)26-15-23(28)27-17-8-10-18(11-9-17)29-22-7-3-4-16-14-25-13-12-19(16)22/h1-7,12-14,17-18,26H,8-11,15H2,(H,27,28). The molecule has 0 aliphatic heterocycles. The highest BCUT2D eigenvalue weighted by Crippen LogP contribution is 2.29. The maximum Gasteiger partial charge on any atom is 0.239 e. The molecule has 1 amide bonds. The average molecular weight is 393 g/mol. The zero-order valence-electron chi connectivity index (χ0n) is 16.1. The van der Waals surface area contributed by atoms with E-state index in [1.54, 1.807) is 24.4 Å². The molecule has 2 aromatic carbocycles. The summed E-state index contributed by atoms with van der Waals surface area (Å²) in [6.07, 6.45) is 7.24. The molecule has 1 aromatic heterocycles. The van der Waals surface area contributed by atoms with Gasteiger partial charge in [0.2, 0.25) is 5.91 Å². The van der Waals surface area contributed by atoms with Gasteiger partial charge in [0, 0.05) is 29.2 Å². The Morgan fingerprint density at radius 3 is 2.72 bits per heavy atom. The summed E-state index contributed by atoms with van der Waals surface area (Å²) in [4.78, 5) is 16.3. The van der Waals surface area contributed by atoms with Crippen molar-refractivity contribution < 1.29 is 13.9 Å². The number of benzene rings is 2. The van der Waals surface area contributed by atoms with E-state index in [4.69, 9.17) is 4.74 Å². The molecular formula is C23H24FN3O2. The highest BCUT2D eigenvalue weighted by Gasteiger charge is 2.24. The van der Waals surface area contributed by atoms with Gasteiger partial charge in [-0.25, -0.2) is 4.39 Å². The quantitative estimate of drug-likeness (QED) is 0.656. The van der Waals surface area contributed by atoms with Gasteiger partial charge in [0.15, 0.2) is 0 Å². The van der Waals surface area contributed by atoms with Crippen LogP contribution in [0.1, 0.15) is 25.7 Å². The van der Waals surface area contributed by atoms with Crippen LogP contribution in [-0.2, 0) is 4.79 Å². The van der Waals surface area contributed by atoms with Crippen molar-refractivity contribution in [1.29, 1.82) is 0 Å². The monoisotopic (exact) mass is 393 g/mol. The number of nitrogens with one attached hydrogen (secondary N) is 2. The Morgan fingerprint density at radius 2 is 1.90 bits per heavy atom. The third kappa shape index (κ3) is 4.83. The van der Waals surface area contributed by atoms with Crippen LogP contribution in [0.5, 0.6) is 5.75 Å². The second-order valence-corrected chi connectivity index (χ2v) is 7.35. The number of hydrogen-bond acceptors (Lipinski definition) is 4. The van der Waals surface area contributed by atoms with Crippen molar-refractivity contribution in [3.63, 3.8) is 0 Å². The van der Waals surface area contributed by atoms with E-state index in [9.17, 15) is 9.18 Å². The number of hydrogen-bond donors (Lipinski definition) is 2. The second-order valence-electron chi connectivity index (χ2n) is 7.35. The molecule has 1 heterocycles. The molecule has 5 nitrogen and oxygen atoms in total. The van der Waals surface area contributed by atoms with Crippen molar-refractivity contribution in [1.82, 2.24) is 10.3 Å². The van der Waals surface area contributed by atoms with Crippen molar-refractivity contribution in [2.75, 3.05) is 11.9 Å². The first kappa shape index (κ1) is 19.2. The number of amides is 1. The maximum absolute atomic E-state index is 13.6. The van der Waals surface area contributed by atoms with Gasteiger partial charge in [-0.2, -0.15) is 0 Å². The molecule has 0 radical (unpaired) electrons. The number of anilines is 1. The van der Waals surface area contributed by atoms with Crippen LogP contribution in [0.2, 0.25) is 0 Å². The maximum atomic E-state index is 13.6. The summed E-state index contributed by atoms with van der Waals surface area (Å²) in [5.74, 6) is 0.396. The van der Waals surface area contributed by atoms with Crippen molar-refractivity contribution in [2.24, 2.45) is 0 Å². The van der Waals surface area contributed by atoms with Gasteiger partial charge in [0.25, 0.3) is 0 Å². The smallest absolute Gasteiger partial charge is 0.239 e. The van der Waals surface area contributed by atoms with E-state index in [1.807, 2.05) is 30.5 Å². The minimum Gasteiger partial charge on any atom is -0.490 e. The molecular weight excluding hydrogens is 369 g/mol. The molecule has 4 rings (SSSR count). The predicted octanol–water partition coefficient (Wildman–Crippen LogP) is 4.29. The Kier molecular flexibility index (Phi) is 5.89. The van der Waals surface area contributed by atoms with E-state index in [0.717, 1.165) is 42.2 Å². The van der Waals surface area contributed by atoms with E-state index in [-0.39, 0.29) is 30.4 Å². The lowest BCUT2D eigenvalue weighted by atomic mass is 9.93. The molecule has 0 atom stereocenters. The molecule has 1 aliphatic rings. The Morgan fingerprint density at radius 1 is 1.07 bits per heavy atom. The Bertz CT molecular complexity index is 981. The summed E-state index contributed by atoms with van der Waals surface area (Å²) in [7, 11) is 0. The van der Waals surface area contributed by atoms with E-state index in [0.29, 0.717) is 5.69 Å². The summed E-state index contributed by atoms with van der Waals surface area (Å²) < 4.78 is 19.9. The zero-order valence-corrected chi connectivity index (χ0v) is 16.1. The molecule has 6 heteroatoms. The molecule has 2 N–H and O–H groups in total. The third-order valence-corrected chi connectivity index (χ3v) is 5.29. The fraction of sp³-hybridized carbons (Fsp3) is 0.304. The van der Waals surface area contributed by atoms with Gasteiger partial charge < -0.3 is 15.4 Å². The number of ether oxygens (including phenoxy) is 1. The number of rotatable bonds is 6. The second kappa shape index (κ2) is 8.90. The molecule has 29 heavy (non-hydrogen) atoms. The molecule has 0 spiro atoms. The first-order chi connectivity index (χ1) is 14.2. The minimum atomic E-state index is -0.359. The molecule has 3 aromatic rings. The largest absolute Gasteiger partial charge is 0.490 e. The fourth-order valence-corrected chi connectivity index (χ4v) is 3.76. The van der Waals surface area contributed by atoms with Crippen LogP contribution < -0.4 is 15.4 Å². The van der Waals surface area contributed by atoms with Crippen LogP contribution in [-0.4, -0.2) is 29.6 Å². The zero-order chi connectivity index (χ0) is 20.1. The number of para-hydroxylation sites is 1. The van der Waals surface area contributed by atoms with Crippen LogP contribution >= 0.6 is 0 Å². The lowest BCUT2D eigenvalue weighted by Crippen LogP contribution is -2.42. The normalized spacial score (nSPS) is 18.9. The number of halogens is 1. The number of pyridine rings is 1. The van der Waals surface area contributed by atoms with Gasteiger partial charge in [0.1, 0.15) is 11.6 Å². The highest BCUT2D eigenvalue weighted by molar-refractivity contribution is 5.87. The van der Waals surface area contributed by atoms with Crippen LogP contribution in [0.25, 0.3) is 10.8 Å². The van der Waals surface area contributed by atoms with Crippen LogP contribution in [0.15, 0.2) is 60.9 Å². The summed E-state index contributed by atoms with van der Waals surface area (Å²) >= 11 is 0. The molecule has 0 saturated heterocycles. The van der Waals surface area contributed by atoms with Crippen molar-refractivity contribution in [3.8, 4) is 5.75 Å². The van der Waals surface area contributed by atoms with E-state index < -0.39 is 0 Å². The van der Waals surface area contributed by atoms with Gasteiger partial charge in [-0.1, -0.05) is 24.3 Å². The third-order valence-electron chi connectivity index (χ3n) is 5.29. The summed E-state index contributed by atoms with van der Waals surface area (Å²) in [5.41, 5.74) is 0.338. The molecule has 0 unspecified atom stereocenters. The van der Waals surface area contributed by atoms with Gasteiger partial charge in [-0.3, -0.25) is 9.78 Å². The van der Waals surface area contributed by atoms with Crippen molar-refractivity contribution in [3.05, 3.63) is 66.7 Å². The van der Waals surface area contributed by atoms with Crippen LogP contribution in [0.3, 0.4) is 0 Å². The van der Waals surface area contributed by atoms with Gasteiger partial charge in [-0.15, -0.1) is 0 Å². The van der Waals surface area contributed by atoms with Crippen molar-refractivity contribution in [2.45, 2.75) is 37.8 Å². The first-order valence-corrected chi connectivity index (χ1v) is 9.96.